The van der Waals surface area contributed by atoms with E-state index in [9.17, 15) is 13.2 Å². The van der Waals surface area contributed by atoms with E-state index in [1.54, 1.807) is 0 Å². The molecule has 3 rings (SSSR count). The van der Waals surface area contributed by atoms with Crippen molar-refractivity contribution in [2.24, 2.45) is 11.7 Å². The number of fused-ring (bicyclic) bond motifs is 1. The number of nitrogens with zero attached hydrogens (tertiary/aromatic N) is 4. The van der Waals surface area contributed by atoms with Crippen molar-refractivity contribution < 1.29 is 13.2 Å². The lowest BCUT2D eigenvalue weighted by Gasteiger charge is -2.35. The van der Waals surface area contributed by atoms with Gasteiger partial charge in [0.25, 0.3) is 0 Å². The van der Waals surface area contributed by atoms with E-state index in [2.05, 4.69) is 17.0 Å². The zero-order valence-electron chi connectivity index (χ0n) is 11.5. The molecule has 114 valence electrons. The van der Waals surface area contributed by atoms with Gasteiger partial charge in [-0.05, 0) is 12.3 Å². The third-order valence-electron chi connectivity index (χ3n) is 3.65. The first kappa shape index (κ1) is 14.1. The standard InChI is InChI=1S/C13H16F3N5/c1-8-4-9(17)7-20(6-8)12-10-5-11(13(14,15)16)19-21(10)3-2-18-12/h2-3,5,8-9H,4,6-7,17H2,1H3. The molecule has 0 saturated carbocycles. The highest BCUT2D eigenvalue weighted by Crippen LogP contribution is 2.31. The van der Waals surface area contributed by atoms with Gasteiger partial charge in [0.2, 0.25) is 0 Å². The third kappa shape index (κ3) is 2.67. The summed E-state index contributed by atoms with van der Waals surface area (Å²) < 4.78 is 39.6. The molecule has 2 N–H and O–H groups in total. The van der Waals surface area contributed by atoms with Crippen molar-refractivity contribution in [3.05, 3.63) is 24.2 Å². The van der Waals surface area contributed by atoms with Crippen LogP contribution < -0.4 is 10.6 Å². The fourth-order valence-electron chi connectivity index (χ4n) is 2.86. The lowest BCUT2D eigenvalue weighted by Crippen LogP contribution is -2.46. The van der Waals surface area contributed by atoms with Crippen LogP contribution in [0.2, 0.25) is 0 Å². The van der Waals surface area contributed by atoms with Crippen LogP contribution in [-0.2, 0) is 6.18 Å². The minimum Gasteiger partial charge on any atom is -0.353 e. The van der Waals surface area contributed by atoms with Crippen LogP contribution in [0.4, 0.5) is 19.0 Å². The molecule has 0 bridgehead atoms. The molecule has 0 radical (unpaired) electrons. The molecule has 0 aliphatic carbocycles. The van der Waals surface area contributed by atoms with Crippen molar-refractivity contribution >= 4 is 11.3 Å². The molecule has 0 amide bonds. The predicted molar refractivity (Wildman–Crippen MR) is 72.0 cm³/mol. The number of halogens is 3. The quantitative estimate of drug-likeness (QED) is 0.874. The molecule has 0 spiro atoms. The number of hydrogen-bond acceptors (Lipinski definition) is 4. The van der Waals surface area contributed by atoms with Crippen molar-refractivity contribution in [2.45, 2.75) is 25.6 Å². The second-order valence-electron chi connectivity index (χ2n) is 5.61. The summed E-state index contributed by atoms with van der Waals surface area (Å²) >= 11 is 0. The first-order valence-electron chi connectivity index (χ1n) is 6.76. The number of rotatable bonds is 1. The topological polar surface area (TPSA) is 59.5 Å². The van der Waals surface area contributed by atoms with Crippen LogP contribution in [0, 0.1) is 5.92 Å². The monoisotopic (exact) mass is 299 g/mol. The van der Waals surface area contributed by atoms with Crippen molar-refractivity contribution in [3.8, 4) is 0 Å². The summed E-state index contributed by atoms with van der Waals surface area (Å²) in [6.45, 7) is 3.39. The largest absolute Gasteiger partial charge is 0.435 e. The molecule has 0 aromatic carbocycles. The molecule has 2 aromatic heterocycles. The Balaban J connectivity index is 2.04. The Morgan fingerprint density at radius 3 is 2.76 bits per heavy atom. The number of nitrogens with two attached hydrogens (primary N) is 1. The highest BCUT2D eigenvalue weighted by Gasteiger charge is 2.35. The van der Waals surface area contributed by atoms with Crippen LogP contribution >= 0.6 is 0 Å². The Bertz CT molecular complexity index is 641. The smallest absolute Gasteiger partial charge is 0.353 e. The number of aromatic nitrogens is 3. The second-order valence-corrected chi connectivity index (χ2v) is 5.61. The molecule has 8 heteroatoms. The molecule has 21 heavy (non-hydrogen) atoms. The van der Waals surface area contributed by atoms with Crippen LogP contribution in [-0.4, -0.2) is 33.7 Å². The summed E-state index contributed by atoms with van der Waals surface area (Å²) in [4.78, 5) is 6.18. The predicted octanol–water partition coefficient (Wildman–Crippen LogP) is 1.92. The first-order valence-corrected chi connectivity index (χ1v) is 6.76. The van der Waals surface area contributed by atoms with E-state index in [1.807, 2.05) is 4.90 Å². The maximum Gasteiger partial charge on any atom is 0.435 e. The van der Waals surface area contributed by atoms with Gasteiger partial charge in [0.15, 0.2) is 11.5 Å². The van der Waals surface area contributed by atoms with Gasteiger partial charge in [-0.1, -0.05) is 6.92 Å². The average Bonchev–Trinajstić information content (AvgIpc) is 2.80. The Morgan fingerprint density at radius 2 is 2.10 bits per heavy atom. The highest BCUT2D eigenvalue weighted by molar-refractivity contribution is 5.69. The maximum absolute atomic E-state index is 12.8. The van der Waals surface area contributed by atoms with E-state index >= 15 is 0 Å². The van der Waals surface area contributed by atoms with E-state index in [1.165, 1.54) is 16.9 Å². The van der Waals surface area contributed by atoms with Crippen LogP contribution in [0.3, 0.4) is 0 Å². The van der Waals surface area contributed by atoms with E-state index in [-0.39, 0.29) is 6.04 Å². The SMILES string of the molecule is CC1CC(N)CN(c2nccn3nc(C(F)(F)F)cc23)C1. The second kappa shape index (κ2) is 4.87. The number of anilines is 1. The summed E-state index contributed by atoms with van der Waals surface area (Å²) in [6.07, 6.45) is -0.677. The van der Waals surface area contributed by atoms with Gasteiger partial charge in [0.1, 0.15) is 5.52 Å². The molecule has 2 unspecified atom stereocenters. The van der Waals surface area contributed by atoms with Gasteiger partial charge in [0, 0.05) is 37.6 Å². The van der Waals surface area contributed by atoms with Crippen molar-refractivity contribution in [1.29, 1.82) is 0 Å². The minimum absolute atomic E-state index is 0.000754. The number of alkyl halides is 3. The summed E-state index contributed by atoms with van der Waals surface area (Å²) in [5.74, 6) is 0.878. The third-order valence-corrected chi connectivity index (χ3v) is 3.65. The van der Waals surface area contributed by atoms with E-state index in [0.717, 1.165) is 19.0 Å². The van der Waals surface area contributed by atoms with Crippen LogP contribution in [0.15, 0.2) is 18.5 Å². The maximum atomic E-state index is 12.8. The van der Waals surface area contributed by atoms with Gasteiger partial charge in [-0.25, -0.2) is 9.50 Å². The Labute approximate surface area is 119 Å². The van der Waals surface area contributed by atoms with Crippen molar-refractivity contribution in [2.75, 3.05) is 18.0 Å². The highest BCUT2D eigenvalue weighted by atomic mass is 19.4. The van der Waals surface area contributed by atoms with Gasteiger partial charge in [-0.15, -0.1) is 0 Å². The average molecular weight is 299 g/mol. The van der Waals surface area contributed by atoms with Gasteiger partial charge in [-0.3, -0.25) is 0 Å². The van der Waals surface area contributed by atoms with Crippen LogP contribution in [0.1, 0.15) is 19.0 Å². The first-order chi connectivity index (χ1) is 9.84. The summed E-state index contributed by atoms with van der Waals surface area (Å²) in [5, 5.41) is 3.57. The molecule has 1 aliphatic rings. The van der Waals surface area contributed by atoms with E-state index in [0.29, 0.717) is 23.8 Å². The van der Waals surface area contributed by atoms with Gasteiger partial charge >= 0.3 is 6.18 Å². The van der Waals surface area contributed by atoms with Gasteiger partial charge in [-0.2, -0.15) is 18.3 Å². The fourth-order valence-corrected chi connectivity index (χ4v) is 2.86. The van der Waals surface area contributed by atoms with Crippen LogP contribution in [0.25, 0.3) is 5.52 Å². The Hall–Kier alpha value is -1.83. The van der Waals surface area contributed by atoms with Gasteiger partial charge in [0.05, 0.1) is 0 Å². The molecule has 5 nitrogen and oxygen atoms in total. The lowest BCUT2D eigenvalue weighted by atomic mass is 9.96. The molecular weight excluding hydrogens is 283 g/mol. The van der Waals surface area contributed by atoms with Crippen molar-refractivity contribution in [1.82, 2.24) is 14.6 Å². The molecule has 3 heterocycles. The molecule has 1 aliphatic heterocycles. The van der Waals surface area contributed by atoms with E-state index < -0.39 is 11.9 Å². The molecule has 1 saturated heterocycles. The lowest BCUT2D eigenvalue weighted by molar-refractivity contribution is -0.141. The normalized spacial score (nSPS) is 23.8. The van der Waals surface area contributed by atoms with E-state index in [4.69, 9.17) is 5.73 Å². The number of piperidine rings is 1. The van der Waals surface area contributed by atoms with Crippen molar-refractivity contribution in [3.63, 3.8) is 0 Å². The molecule has 2 aromatic rings. The fraction of sp³-hybridized carbons (Fsp3) is 0.538. The number of hydrogen-bond donors (Lipinski definition) is 1. The summed E-state index contributed by atoms with van der Waals surface area (Å²) in [5.41, 5.74) is 5.44. The van der Waals surface area contributed by atoms with Crippen LogP contribution in [0.5, 0.6) is 0 Å². The zero-order valence-corrected chi connectivity index (χ0v) is 11.5. The summed E-state index contributed by atoms with van der Waals surface area (Å²) in [7, 11) is 0. The Kier molecular flexibility index (Phi) is 3.27. The molecule has 1 fully saturated rings. The van der Waals surface area contributed by atoms with Gasteiger partial charge < -0.3 is 10.6 Å². The minimum atomic E-state index is -4.46. The molecular formula is C13H16F3N5. The molecule has 2 atom stereocenters. The Morgan fingerprint density at radius 1 is 1.33 bits per heavy atom. The zero-order chi connectivity index (χ0) is 15.2. The summed E-state index contributed by atoms with van der Waals surface area (Å²) in [6, 6.07) is 1.04.